The van der Waals surface area contributed by atoms with Crippen LogP contribution in [0.4, 0.5) is 5.82 Å². The molecule has 1 fully saturated rings. The Balaban J connectivity index is 1.69. The minimum Gasteiger partial charge on any atom is -0.354 e. The summed E-state index contributed by atoms with van der Waals surface area (Å²) >= 11 is 0. The van der Waals surface area contributed by atoms with Crippen molar-refractivity contribution in [3.8, 4) is 0 Å². The Bertz CT molecular complexity index is 457. The molecule has 0 atom stereocenters. The van der Waals surface area contributed by atoms with Crippen molar-refractivity contribution >= 4 is 17.6 Å². The van der Waals surface area contributed by atoms with Crippen LogP contribution >= 0.6 is 0 Å². The molecule has 2 amide bonds. The highest BCUT2D eigenvalue weighted by molar-refractivity contribution is 5.92. The number of nitrogen functional groups attached to an aromatic ring is 1. The second-order valence-corrected chi connectivity index (χ2v) is 4.27. The van der Waals surface area contributed by atoms with Gasteiger partial charge < -0.3 is 16.1 Å². The first kappa shape index (κ1) is 13.2. The second kappa shape index (κ2) is 6.10. The summed E-state index contributed by atoms with van der Waals surface area (Å²) < 4.78 is 0. The number of nitrogens with two attached hydrogens (primary N) is 1. The number of nitrogens with zero attached hydrogens (tertiary/aromatic N) is 2. The summed E-state index contributed by atoms with van der Waals surface area (Å²) in [6.07, 6.45) is 1.94. The van der Waals surface area contributed by atoms with Crippen LogP contribution in [-0.4, -0.2) is 35.1 Å². The fourth-order valence-electron chi connectivity index (χ4n) is 1.47. The van der Waals surface area contributed by atoms with Gasteiger partial charge in [0.05, 0.1) is 0 Å². The van der Waals surface area contributed by atoms with Gasteiger partial charge in [0, 0.05) is 19.0 Å². The van der Waals surface area contributed by atoms with E-state index in [1.165, 1.54) is 6.07 Å². The summed E-state index contributed by atoms with van der Waals surface area (Å²) in [5.41, 5.74) is 2.52. The van der Waals surface area contributed by atoms with Crippen LogP contribution in [0.25, 0.3) is 0 Å². The maximum Gasteiger partial charge on any atom is 0.271 e. The third-order valence-corrected chi connectivity index (χ3v) is 2.70. The first-order chi connectivity index (χ1) is 9.20. The van der Waals surface area contributed by atoms with Crippen LogP contribution in [0.5, 0.6) is 0 Å². The first-order valence-corrected chi connectivity index (χ1v) is 6.07. The monoisotopic (exact) mass is 264 g/mol. The maximum absolute atomic E-state index is 11.7. The molecule has 0 radical (unpaired) electrons. The lowest BCUT2D eigenvalue weighted by Gasteiger charge is -2.06. The van der Waals surface area contributed by atoms with Gasteiger partial charge >= 0.3 is 0 Å². The molecular formula is C11H16N6O2. The molecule has 0 bridgehead atoms. The summed E-state index contributed by atoms with van der Waals surface area (Å²) in [4.78, 5) is 23.0. The molecule has 0 unspecified atom stereocenters. The van der Waals surface area contributed by atoms with Crippen LogP contribution < -0.4 is 21.9 Å². The predicted molar refractivity (Wildman–Crippen MR) is 67.9 cm³/mol. The molecule has 2 rings (SSSR count). The molecule has 0 aliphatic heterocycles. The van der Waals surface area contributed by atoms with Gasteiger partial charge in [0.2, 0.25) is 5.91 Å². The van der Waals surface area contributed by atoms with E-state index in [1.54, 1.807) is 6.07 Å². The van der Waals surface area contributed by atoms with Gasteiger partial charge in [0.1, 0.15) is 0 Å². The molecule has 8 nitrogen and oxygen atoms in total. The molecule has 1 aromatic heterocycles. The number of hydrogen-bond donors (Lipinski definition) is 4. The molecule has 1 heterocycles. The molecule has 1 aliphatic rings. The zero-order valence-corrected chi connectivity index (χ0v) is 10.3. The van der Waals surface area contributed by atoms with Crippen LogP contribution in [0.1, 0.15) is 23.3 Å². The second-order valence-electron chi connectivity index (χ2n) is 4.27. The van der Waals surface area contributed by atoms with Gasteiger partial charge in [-0.15, -0.1) is 10.2 Å². The number of amides is 2. The average Bonchev–Trinajstić information content (AvgIpc) is 3.27. The fourth-order valence-corrected chi connectivity index (χ4v) is 1.47. The molecule has 1 aliphatic carbocycles. The van der Waals surface area contributed by atoms with Crippen LogP contribution in [0, 0.1) is 5.92 Å². The highest BCUT2D eigenvalue weighted by Crippen LogP contribution is 2.28. The smallest absolute Gasteiger partial charge is 0.271 e. The summed E-state index contributed by atoms with van der Waals surface area (Å²) in [6.45, 7) is 0.771. The van der Waals surface area contributed by atoms with Crippen LogP contribution in [-0.2, 0) is 4.79 Å². The molecule has 1 saturated carbocycles. The number of carbonyl (C=O) groups excluding carboxylic acids is 2. The topological polar surface area (TPSA) is 122 Å². The number of aromatic nitrogens is 2. The number of rotatable bonds is 6. The van der Waals surface area contributed by atoms with E-state index in [0.29, 0.717) is 18.9 Å². The Morgan fingerprint density at radius 3 is 2.53 bits per heavy atom. The van der Waals surface area contributed by atoms with E-state index in [0.717, 1.165) is 12.8 Å². The van der Waals surface area contributed by atoms with Crippen LogP contribution in [0.3, 0.4) is 0 Å². The highest BCUT2D eigenvalue weighted by Gasteiger charge is 2.28. The number of anilines is 1. The van der Waals surface area contributed by atoms with Crippen molar-refractivity contribution in [2.24, 2.45) is 11.8 Å². The summed E-state index contributed by atoms with van der Waals surface area (Å²) in [5, 5.41) is 12.8. The van der Waals surface area contributed by atoms with Gasteiger partial charge in [-0.3, -0.25) is 9.59 Å². The van der Waals surface area contributed by atoms with Crippen molar-refractivity contribution < 1.29 is 9.59 Å². The molecule has 5 N–H and O–H groups in total. The van der Waals surface area contributed by atoms with Crippen molar-refractivity contribution in [3.63, 3.8) is 0 Å². The summed E-state index contributed by atoms with van der Waals surface area (Å²) in [6, 6.07) is 3.07. The van der Waals surface area contributed by atoms with E-state index in [4.69, 9.17) is 5.84 Å². The normalized spacial score (nSPS) is 13.7. The Morgan fingerprint density at radius 2 is 1.95 bits per heavy atom. The van der Waals surface area contributed by atoms with E-state index in [-0.39, 0.29) is 23.4 Å². The average molecular weight is 264 g/mol. The van der Waals surface area contributed by atoms with Crippen LogP contribution in [0.2, 0.25) is 0 Å². The van der Waals surface area contributed by atoms with Gasteiger partial charge in [-0.1, -0.05) is 0 Å². The molecule has 0 spiro atoms. The molecule has 19 heavy (non-hydrogen) atoms. The molecule has 0 saturated heterocycles. The summed E-state index contributed by atoms with van der Waals surface area (Å²) in [7, 11) is 0. The van der Waals surface area contributed by atoms with Crippen molar-refractivity contribution in [1.82, 2.24) is 20.8 Å². The van der Waals surface area contributed by atoms with Gasteiger partial charge in [0.15, 0.2) is 11.5 Å². The Kier molecular flexibility index (Phi) is 4.24. The predicted octanol–water partition coefficient (Wildman–Crippen LogP) is -0.982. The van der Waals surface area contributed by atoms with E-state index < -0.39 is 0 Å². The molecule has 8 heteroatoms. The van der Waals surface area contributed by atoms with Crippen molar-refractivity contribution in [2.45, 2.75) is 12.8 Å². The number of hydrogen-bond acceptors (Lipinski definition) is 6. The minimum atomic E-state index is -0.336. The zero-order chi connectivity index (χ0) is 13.7. The third-order valence-electron chi connectivity index (χ3n) is 2.70. The Labute approximate surface area is 110 Å². The standard InChI is InChI=1S/C11H16N6O2/c12-15-9-4-3-8(16-17-9)11(19)14-6-5-13-10(18)7-1-2-7/h3-4,7H,1-2,5-6,12H2,(H,13,18)(H,14,19)(H,15,17). The molecule has 102 valence electrons. The number of nitrogens with one attached hydrogen (secondary N) is 3. The third kappa shape index (κ3) is 3.88. The van der Waals surface area contributed by atoms with E-state index in [9.17, 15) is 9.59 Å². The van der Waals surface area contributed by atoms with E-state index in [1.807, 2.05) is 0 Å². The number of hydrazine groups is 1. The van der Waals surface area contributed by atoms with Crippen molar-refractivity contribution in [1.29, 1.82) is 0 Å². The lowest BCUT2D eigenvalue weighted by atomic mass is 10.3. The quantitative estimate of drug-likeness (QED) is 0.297. The lowest BCUT2D eigenvalue weighted by Crippen LogP contribution is -2.35. The molecule has 0 aromatic carbocycles. The minimum absolute atomic E-state index is 0.0624. The van der Waals surface area contributed by atoms with Gasteiger partial charge in [-0.05, 0) is 25.0 Å². The Morgan fingerprint density at radius 1 is 1.21 bits per heavy atom. The number of carbonyl (C=O) groups is 2. The van der Waals surface area contributed by atoms with Gasteiger partial charge in [-0.25, -0.2) is 5.84 Å². The zero-order valence-electron chi connectivity index (χ0n) is 10.3. The van der Waals surface area contributed by atoms with Crippen molar-refractivity contribution in [3.05, 3.63) is 17.8 Å². The Hall–Kier alpha value is -2.22. The highest BCUT2D eigenvalue weighted by atomic mass is 16.2. The molecular weight excluding hydrogens is 248 g/mol. The lowest BCUT2D eigenvalue weighted by molar-refractivity contribution is -0.122. The molecule has 1 aromatic rings. The van der Waals surface area contributed by atoms with Crippen LogP contribution in [0.15, 0.2) is 12.1 Å². The van der Waals surface area contributed by atoms with E-state index in [2.05, 4.69) is 26.3 Å². The van der Waals surface area contributed by atoms with Crippen molar-refractivity contribution in [2.75, 3.05) is 18.5 Å². The first-order valence-electron chi connectivity index (χ1n) is 6.07. The fraction of sp³-hybridized carbons (Fsp3) is 0.455. The summed E-state index contributed by atoms with van der Waals surface area (Å²) in [5.74, 6) is 5.43. The SMILES string of the molecule is NNc1ccc(C(=O)NCCNC(=O)C2CC2)nn1. The largest absolute Gasteiger partial charge is 0.354 e. The van der Waals surface area contributed by atoms with Gasteiger partial charge in [-0.2, -0.15) is 0 Å². The maximum atomic E-state index is 11.7. The van der Waals surface area contributed by atoms with E-state index >= 15 is 0 Å². The van der Waals surface area contributed by atoms with Gasteiger partial charge in [0.25, 0.3) is 5.91 Å².